The molecule has 1 atom stereocenters. The van der Waals surface area contributed by atoms with Crippen LogP contribution in [0.5, 0.6) is 5.75 Å². The first-order chi connectivity index (χ1) is 8.02. The number of carbonyl (C=O) groups excluding carboxylic acids is 1. The standard InChI is InChI=1S/C12H15NO4/c1-8(12(16)17)6-7-13-11(15)9-4-2-3-5-10(9)14/h2-5,8,14H,6-7H2,1H3,(H,13,15)(H,16,17). The van der Waals surface area contributed by atoms with Crippen LogP contribution in [0.1, 0.15) is 23.7 Å². The highest BCUT2D eigenvalue weighted by Crippen LogP contribution is 2.15. The van der Waals surface area contributed by atoms with Crippen molar-refractivity contribution in [3.63, 3.8) is 0 Å². The fourth-order valence-electron chi connectivity index (χ4n) is 1.29. The average Bonchev–Trinajstić information content (AvgIpc) is 2.29. The Kier molecular flexibility index (Phi) is 4.51. The van der Waals surface area contributed by atoms with E-state index in [-0.39, 0.29) is 17.9 Å². The minimum absolute atomic E-state index is 0.0868. The Hall–Kier alpha value is -2.04. The number of carboxylic acid groups (broad SMARTS) is 1. The molecule has 0 spiro atoms. The average molecular weight is 237 g/mol. The molecule has 17 heavy (non-hydrogen) atoms. The molecule has 1 rings (SSSR count). The van der Waals surface area contributed by atoms with Crippen LogP contribution < -0.4 is 5.32 Å². The number of hydrogen-bond acceptors (Lipinski definition) is 3. The number of aliphatic carboxylic acids is 1. The second kappa shape index (κ2) is 5.89. The van der Waals surface area contributed by atoms with Gasteiger partial charge in [0.15, 0.2) is 0 Å². The highest BCUT2D eigenvalue weighted by atomic mass is 16.4. The van der Waals surface area contributed by atoms with Crippen LogP contribution in [0.2, 0.25) is 0 Å². The van der Waals surface area contributed by atoms with Crippen molar-refractivity contribution in [2.45, 2.75) is 13.3 Å². The van der Waals surface area contributed by atoms with Crippen LogP contribution in [0.15, 0.2) is 24.3 Å². The molecule has 0 saturated heterocycles. The van der Waals surface area contributed by atoms with Crippen molar-refractivity contribution >= 4 is 11.9 Å². The maximum absolute atomic E-state index is 11.6. The van der Waals surface area contributed by atoms with Gasteiger partial charge in [0.1, 0.15) is 5.75 Å². The maximum atomic E-state index is 11.6. The molecule has 5 nitrogen and oxygen atoms in total. The molecule has 0 saturated carbocycles. The molecule has 1 unspecified atom stereocenters. The minimum Gasteiger partial charge on any atom is -0.507 e. The van der Waals surface area contributed by atoms with Gasteiger partial charge in [-0.15, -0.1) is 0 Å². The Bertz CT molecular complexity index is 417. The van der Waals surface area contributed by atoms with E-state index in [9.17, 15) is 14.7 Å². The summed E-state index contributed by atoms with van der Waals surface area (Å²) in [5.41, 5.74) is 0.190. The Morgan fingerprint density at radius 2 is 2.00 bits per heavy atom. The topological polar surface area (TPSA) is 86.6 Å². The van der Waals surface area contributed by atoms with Crippen LogP contribution in [-0.2, 0) is 4.79 Å². The number of amides is 1. The fourth-order valence-corrected chi connectivity index (χ4v) is 1.29. The molecule has 1 aromatic carbocycles. The third-order valence-corrected chi connectivity index (χ3v) is 2.43. The van der Waals surface area contributed by atoms with Crippen LogP contribution in [-0.4, -0.2) is 28.6 Å². The zero-order valence-electron chi connectivity index (χ0n) is 9.51. The van der Waals surface area contributed by atoms with Crippen LogP contribution in [0.25, 0.3) is 0 Å². The predicted molar refractivity (Wildman–Crippen MR) is 61.9 cm³/mol. The number of carbonyl (C=O) groups is 2. The lowest BCUT2D eigenvalue weighted by Crippen LogP contribution is -2.27. The minimum atomic E-state index is -0.887. The fraction of sp³-hybridized carbons (Fsp3) is 0.333. The summed E-state index contributed by atoms with van der Waals surface area (Å²) in [7, 11) is 0. The number of benzene rings is 1. The molecule has 0 bridgehead atoms. The first kappa shape index (κ1) is 13.0. The molecular weight excluding hydrogens is 222 g/mol. The van der Waals surface area contributed by atoms with Crippen molar-refractivity contribution in [1.82, 2.24) is 5.32 Å². The maximum Gasteiger partial charge on any atom is 0.306 e. The SMILES string of the molecule is CC(CCNC(=O)c1ccccc1O)C(=O)O. The number of para-hydroxylation sites is 1. The van der Waals surface area contributed by atoms with E-state index in [1.807, 2.05) is 0 Å². The first-order valence-corrected chi connectivity index (χ1v) is 5.31. The molecule has 0 aromatic heterocycles. The van der Waals surface area contributed by atoms with E-state index < -0.39 is 17.8 Å². The molecule has 5 heteroatoms. The van der Waals surface area contributed by atoms with Gasteiger partial charge in [-0.1, -0.05) is 19.1 Å². The van der Waals surface area contributed by atoms with Crippen LogP contribution in [0.3, 0.4) is 0 Å². The van der Waals surface area contributed by atoms with Gasteiger partial charge in [-0.2, -0.15) is 0 Å². The van der Waals surface area contributed by atoms with Crippen LogP contribution >= 0.6 is 0 Å². The highest BCUT2D eigenvalue weighted by molar-refractivity contribution is 5.96. The number of nitrogens with one attached hydrogen (secondary N) is 1. The largest absolute Gasteiger partial charge is 0.507 e. The van der Waals surface area contributed by atoms with E-state index in [1.54, 1.807) is 19.1 Å². The number of phenolic OH excluding ortho intramolecular Hbond substituents is 1. The van der Waals surface area contributed by atoms with Crippen molar-refractivity contribution in [2.75, 3.05) is 6.54 Å². The first-order valence-electron chi connectivity index (χ1n) is 5.31. The highest BCUT2D eigenvalue weighted by Gasteiger charge is 2.13. The number of aromatic hydroxyl groups is 1. The van der Waals surface area contributed by atoms with Gasteiger partial charge < -0.3 is 15.5 Å². The molecule has 3 N–H and O–H groups in total. The summed E-state index contributed by atoms with van der Waals surface area (Å²) in [6, 6.07) is 6.20. The van der Waals surface area contributed by atoms with Gasteiger partial charge in [0.05, 0.1) is 11.5 Å². The Labute approximate surface area is 99.1 Å². The van der Waals surface area contributed by atoms with Crippen LogP contribution in [0, 0.1) is 5.92 Å². The molecule has 92 valence electrons. The lowest BCUT2D eigenvalue weighted by atomic mass is 10.1. The summed E-state index contributed by atoms with van der Waals surface area (Å²) in [4.78, 5) is 22.1. The summed E-state index contributed by atoms with van der Waals surface area (Å²) in [5.74, 6) is -1.88. The Morgan fingerprint density at radius 1 is 1.35 bits per heavy atom. The van der Waals surface area contributed by atoms with Crippen molar-refractivity contribution in [1.29, 1.82) is 0 Å². The van der Waals surface area contributed by atoms with E-state index in [1.165, 1.54) is 12.1 Å². The number of carboxylic acids is 1. The molecule has 1 amide bonds. The zero-order valence-corrected chi connectivity index (χ0v) is 9.51. The van der Waals surface area contributed by atoms with Gasteiger partial charge in [-0.3, -0.25) is 9.59 Å². The zero-order chi connectivity index (χ0) is 12.8. The van der Waals surface area contributed by atoms with E-state index >= 15 is 0 Å². The van der Waals surface area contributed by atoms with E-state index in [4.69, 9.17) is 5.11 Å². The van der Waals surface area contributed by atoms with Crippen LogP contribution in [0.4, 0.5) is 0 Å². The second-order valence-corrected chi connectivity index (χ2v) is 3.80. The predicted octanol–water partition coefficient (Wildman–Crippen LogP) is 1.23. The smallest absolute Gasteiger partial charge is 0.306 e. The number of rotatable bonds is 5. The summed E-state index contributed by atoms with van der Waals surface area (Å²) in [6.07, 6.45) is 0.356. The number of hydrogen-bond donors (Lipinski definition) is 3. The molecule has 0 fully saturated rings. The van der Waals surface area contributed by atoms with Gasteiger partial charge in [0, 0.05) is 6.54 Å². The normalized spacial score (nSPS) is 11.8. The molecule has 0 radical (unpaired) electrons. The lowest BCUT2D eigenvalue weighted by Gasteiger charge is -2.08. The third-order valence-electron chi connectivity index (χ3n) is 2.43. The Balaban J connectivity index is 2.46. The van der Waals surface area contributed by atoms with E-state index in [0.29, 0.717) is 6.42 Å². The molecular formula is C12H15NO4. The van der Waals surface area contributed by atoms with E-state index in [2.05, 4.69) is 5.32 Å². The molecule has 0 aliphatic carbocycles. The van der Waals surface area contributed by atoms with Crippen molar-refractivity contribution in [3.05, 3.63) is 29.8 Å². The molecule has 0 heterocycles. The summed E-state index contributed by atoms with van der Waals surface area (Å²) in [6.45, 7) is 1.84. The number of phenols is 1. The van der Waals surface area contributed by atoms with Crippen molar-refractivity contribution < 1.29 is 19.8 Å². The van der Waals surface area contributed by atoms with Gasteiger partial charge in [-0.05, 0) is 18.6 Å². The van der Waals surface area contributed by atoms with E-state index in [0.717, 1.165) is 0 Å². The van der Waals surface area contributed by atoms with Gasteiger partial charge in [-0.25, -0.2) is 0 Å². The summed E-state index contributed by atoms with van der Waals surface area (Å²) in [5, 5.41) is 20.6. The van der Waals surface area contributed by atoms with Crippen molar-refractivity contribution in [2.24, 2.45) is 5.92 Å². The molecule has 1 aromatic rings. The lowest BCUT2D eigenvalue weighted by molar-refractivity contribution is -0.141. The third kappa shape index (κ3) is 3.79. The van der Waals surface area contributed by atoms with Gasteiger partial charge >= 0.3 is 5.97 Å². The molecule has 0 aliphatic rings. The summed E-state index contributed by atoms with van der Waals surface area (Å²) >= 11 is 0. The van der Waals surface area contributed by atoms with Gasteiger partial charge in [0.25, 0.3) is 5.91 Å². The summed E-state index contributed by atoms with van der Waals surface area (Å²) < 4.78 is 0. The molecule has 0 aliphatic heterocycles. The quantitative estimate of drug-likeness (QED) is 0.719. The monoisotopic (exact) mass is 237 g/mol. The second-order valence-electron chi connectivity index (χ2n) is 3.80. The van der Waals surface area contributed by atoms with Gasteiger partial charge in [0.2, 0.25) is 0 Å². The Morgan fingerprint density at radius 3 is 2.59 bits per heavy atom. The van der Waals surface area contributed by atoms with Crippen molar-refractivity contribution in [3.8, 4) is 5.75 Å².